The molecule has 0 aliphatic rings. The maximum absolute atomic E-state index is 13.4. The standard InChI is InChI=1S/C31H30N6O5S/c1-31(2,41)10-12-37-17-22-13-25(34-29(40)26-18-43-30(35-26)21-5-4-11-32-15-21)23(14-24(22)36-37)19-6-8-20(9-7-19)28(39)33-16-27(38)42-3/h4-9,11,13-15,17-18,41H,10,12,16H2,1-3H3,(H,33,39)(H,34,40). The molecule has 5 aromatic rings. The second-order valence-corrected chi connectivity index (χ2v) is 11.3. The molecule has 2 amide bonds. The number of thiazole rings is 1. The lowest BCUT2D eigenvalue weighted by atomic mass is 10.00. The summed E-state index contributed by atoms with van der Waals surface area (Å²) >= 11 is 1.35. The molecular formula is C31H30N6O5S. The molecule has 220 valence electrons. The Balaban J connectivity index is 1.46. The van der Waals surface area contributed by atoms with E-state index in [-0.39, 0.29) is 18.1 Å². The number of aliphatic hydroxyl groups is 1. The average Bonchev–Trinajstić information content (AvgIpc) is 3.66. The van der Waals surface area contributed by atoms with Crippen LogP contribution < -0.4 is 10.6 Å². The predicted molar refractivity (Wildman–Crippen MR) is 164 cm³/mol. The van der Waals surface area contributed by atoms with Crippen LogP contribution in [-0.4, -0.2) is 61.9 Å². The van der Waals surface area contributed by atoms with Crippen molar-refractivity contribution in [3.63, 3.8) is 0 Å². The molecule has 11 nitrogen and oxygen atoms in total. The van der Waals surface area contributed by atoms with Crippen LogP contribution in [0.25, 0.3) is 32.6 Å². The molecule has 0 aliphatic heterocycles. The Hall–Kier alpha value is -4.94. The average molecular weight is 599 g/mol. The molecule has 0 spiro atoms. The number of hydrogen-bond donors (Lipinski definition) is 3. The van der Waals surface area contributed by atoms with Crippen molar-refractivity contribution >= 4 is 45.7 Å². The fraction of sp³-hybridized carbons (Fsp3) is 0.226. The van der Waals surface area contributed by atoms with E-state index in [0.717, 1.165) is 16.5 Å². The number of amides is 2. The molecule has 0 saturated carbocycles. The summed E-state index contributed by atoms with van der Waals surface area (Å²) in [6.45, 7) is 3.78. The van der Waals surface area contributed by atoms with E-state index in [4.69, 9.17) is 0 Å². The number of methoxy groups -OCH3 is 1. The minimum atomic E-state index is -0.838. The maximum atomic E-state index is 13.4. The fourth-order valence-electron chi connectivity index (χ4n) is 4.28. The van der Waals surface area contributed by atoms with E-state index in [1.54, 1.807) is 60.6 Å². The van der Waals surface area contributed by atoms with Gasteiger partial charge in [-0.2, -0.15) is 5.10 Å². The van der Waals surface area contributed by atoms with Crippen molar-refractivity contribution in [2.24, 2.45) is 0 Å². The van der Waals surface area contributed by atoms with Crippen LogP contribution in [0.15, 0.2) is 72.5 Å². The minimum Gasteiger partial charge on any atom is -0.468 e. The van der Waals surface area contributed by atoms with E-state index >= 15 is 0 Å². The van der Waals surface area contributed by atoms with E-state index in [1.165, 1.54) is 18.4 Å². The lowest BCUT2D eigenvalue weighted by molar-refractivity contribution is -0.139. The molecular weight excluding hydrogens is 568 g/mol. The van der Waals surface area contributed by atoms with Crippen molar-refractivity contribution in [1.29, 1.82) is 0 Å². The van der Waals surface area contributed by atoms with Crippen LogP contribution in [0.4, 0.5) is 5.69 Å². The number of nitrogens with zero attached hydrogens (tertiary/aromatic N) is 4. The third-order valence-corrected chi connectivity index (χ3v) is 7.51. The summed E-state index contributed by atoms with van der Waals surface area (Å²) in [5.41, 5.74) is 3.29. The van der Waals surface area contributed by atoms with E-state index in [1.807, 2.05) is 30.5 Å². The van der Waals surface area contributed by atoms with Gasteiger partial charge >= 0.3 is 5.97 Å². The third-order valence-electron chi connectivity index (χ3n) is 6.62. The number of aryl methyl sites for hydroxylation is 1. The van der Waals surface area contributed by atoms with Gasteiger partial charge in [0.2, 0.25) is 0 Å². The van der Waals surface area contributed by atoms with Gasteiger partial charge in [-0.25, -0.2) is 4.98 Å². The fourth-order valence-corrected chi connectivity index (χ4v) is 5.07. The first-order valence-electron chi connectivity index (χ1n) is 13.5. The molecule has 12 heteroatoms. The first kappa shape index (κ1) is 29.5. The molecule has 3 heterocycles. The number of aromatic nitrogens is 4. The van der Waals surface area contributed by atoms with E-state index < -0.39 is 17.5 Å². The van der Waals surface area contributed by atoms with Gasteiger partial charge in [-0.05, 0) is 62.2 Å². The summed E-state index contributed by atoms with van der Waals surface area (Å²) in [5.74, 6) is -1.34. The predicted octanol–water partition coefficient (Wildman–Crippen LogP) is 4.54. The molecule has 2 aromatic carbocycles. The van der Waals surface area contributed by atoms with Crippen molar-refractivity contribution in [2.45, 2.75) is 32.4 Å². The Bertz CT molecular complexity index is 1770. The van der Waals surface area contributed by atoms with Crippen molar-refractivity contribution in [1.82, 2.24) is 25.1 Å². The number of benzene rings is 2. The second-order valence-electron chi connectivity index (χ2n) is 10.5. The van der Waals surface area contributed by atoms with Gasteiger partial charge in [0.15, 0.2) is 0 Å². The van der Waals surface area contributed by atoms with Gasteiger partial charge in [-0.15, -0.1) is 11.3 Å². The number of anilines is 1. The molecule has 3 aromatic heterocycles. The smallest absolute Gasteiger partial charge is 0.325 e. The molecule has 0 radical (unpaired) electrons. The molecule has 3 N–H and O–H groups in total. The number of rotatable bonds is 10. The normalized spacial score (nSPS) is 11.3. The number of carbonyl (C=O) groups is 3. The van der Waals surface area contributed by atoms with Gasteiger partial charge in [0.1, 0.15) is 17.2 Å². The van der Waals surface area contributed by atoms with Gasteiger partial charge in [-0.3, -0.25) is 24.0 Å². The summed E-state index contributed by atoms with van der Waals surface area (Å²) in [7, 11) is 1.25. The zero-order chi connectivity index (χ0) is 30.6. The van der Waals surface area contributed by atoms with Gasteiger partial charge in [0.05, 0.1) is 18.2 Å². The van der Waals surface area contributed by atoms with Crippen molar-refractivity contribution in [3.8, 4) is 21.7 Å². The number of ether oxygens (including phenoxy) is 1. The van der Waals surface area contributed by atoms with Crippen molar-refractivity contribution in [3.05, 3.63) is 83.8 Å². The zero-order valence-electron chi connectivity index (χ0n) is 23.8. The molecule has 0 saturated heterocycles. The van der Waals surface area contributed by atoms with Crippen LogP contribution in [0.3, 0.4) is 0 Å². The topological polar surface area (TPSA) is 148 Å². The highest BCUT2D eigenvalue weighted by atomic mass is 32.1. The highest BCUT2D eigenvalue weighted by molar-refractivity contribution is 7.13. The molecule has 0 fully saturated rings. The first-order valence-corrected chi connectivity index (χ1v) is 14.3. The van der Waals surface area contributed by atoms with E-state index in [0.29, 0.717) is 40.3 Å². The second kappa shape index (κ2) is 12.5. The Morgan fingerprint density at radius 1 is 1.07 bits per heavy atom. The molecule has 5 rings (SSSR count). The SMILES string of the molecule is COC(=O)CNC(=O)c1ccc(-c2cc3nn(CCC(C)(C)O)cc3cc2NC(=O)c2csc(-c3cccnc3)n2)cc1. The number of nitrogens with one attached hydrogen (secondary N) is 2. The Kier molecular flexibility index (Phi) is 8.60. The van der Waals surface area contributed by atoms with Gasteiger partial charge in [-0.1, -0.05) is 12.1 Å². The molecule has 43 heavy (non-hydrogen) atoms. The van der Waals surface area contributed by atoms with Crippen LogP contribution in [0.5, 0.6) is 0 Å². The molecule has 0 aliphatic carbocycles. The summed E-state index contributed by atoms with van der Waals surface area (Å²) in [5, 5.41) is 23.6. The molecule has 0 unspecified atom stereocenters. The summed E-state index contributed by atoms with van der Waals surface area (Å²) < 4.78 is 6.34. The summed E-state index contributed by atoms with van der Waals surface area (Å²) in [6, 6.07) is 14.2. The zero-order valence-corrected chi connectivity index (χ0v) is 24.6. The maximum Gasteiger partial charge on any atom is 0.325 e. The van der Waals surface area contributed by atoms with Crippen molar-refractivity contribution in [2.75, 3.05) is 19.0 Å². The van der Waals surface area contributed by atoms with Crippen LogP contribution in [0.1, 0.15) is 41.1 Å². The van der Waals surface area contributed by atoms with Crippen LogP contribution in [0.2, 0.25) is 0 Å². The Morgan fingerprint density at radius 3 is 2.56 bits per heavy atom. The number of fused-ring (bicyclic) bond motifs is 1. The third kappa shape index (κ3) is 7.29. The number of carbonyl (C=O) groups excluding carboxylic acids is 3. The van der Waals surface area contributed by atoms with Crippen LogP contribution in [0, 0.1) is 0 Å². The number of esters is 1. The van der Waals surface area contributed by atoms with E-state index in [2.05, 4.69) is 30.4 Å². The molecule has 0 bridgehead atoms. The largest absolute Gasteiger partial charge is 0.468 e. The lowest BCUT2D eigenvalue weighted by Gasteiger charge is -2.16. The van der Waals surface area contributed by atoms with Gasteiger partial charge in [0, 0.05) is 58.3 Å². The van der Waals surface area contributed by atoms with Crippen LogP contribution in [-0.2, 0) is 16.1 Å². The summed E-state index contributed by atoms with van der Waals surface area (Å²) in [4.78, 5) is 45.9. The first-order chi connectivity index (χ1) is 20.6. The highest BCUT2D eigenvalue weighted by Gasteiger charge is 2.18. The quantitative estimate of drug-likeness (QED) is 0.199. The lowest BCUT2D eigenvalue weighted by Crippen LogP contribution is -2.30. The monoisotopic (exact) mass is 598 g/mol. The highest BCUT2D eigenvalue weighted by Crippen LogP contribution is 2.33. The molecule has 0 atom stereocenters. The number of pyridine rings is 1. The summed E-state index contributed by atoms with van der Waals surface area (Å²) in [6.07, 6.45) is 5.76. The van der Waals surface area contributed by atoms with Crippen molar-refractivity contribution < 1.29 is 24.2 Å². The number of hydrogen-bond acceptors (Lipinski definition) is 9. The minimum absolute atomic E-state index is 0.237. The Labute approximate surface area is 251 Å². The Morgan fingerprint density at radius 2 is 1.86 bits per heavy atom. The van der Waals surface area contributed by atoms with E-state index in [9.17, 15) is 19.5 Å². The van der Waals surface area contributed by atoms with Crippen LogP contribution >= 0.6 is 11.3 Å². The van der Waals surface area contributed by atoms with Gasteiger partial charge < -0.3 is 20.5 Å². The van der Waals surface area contributed by atoms with Gasteiger partial charge in [0.25, 0.3) is 11.8 Å².